The lowest BCUT2D eigenvalue weighted by molar-refractivity contribution is 0.388. The van der Waals surface area contributed by atoms with Gasteiger partial charge in [0.05, 0.1) is 5.25 Å². The van der Waals surface area contributed by atoms with Gasteiger partial charge in [0.2, 0.25) is 10.0 Å². The highest BCUT2D eigenvalue weighted by Gasteiger charge is 2.39. The Morgan fingerprint density at radius 3 is 2.38 bits per heavy atom. The first-order valence-corrected chi connectivity index (χ1v) is 7.78. The molecule has 2 N–H and O–H groups in total. The predicted octanol–water partition coefficient (Wildman–Crippen LogP) is 1.32. The van der Waals surface area contributed by atoms with E-state index in [0.717, 1.165) is 25.7 Å². The van der Waals surface area contributed by atoms with Gasteiger partial charge in [-0.1, -0.05) is 20.3 Å². The van der Waals surface area contributed by atoms with Crippen molar-refractivity contribution in [1.29, 1.82) is 0 Å². The second kappa shape index (κ2) is 5.98. The van der Waals surface area contributed by atoms with E-state index in [0.29, 0.717) is 13.0 Å². The number of unbranched alkanes of at least 4 members (excludes halogenated alkanes) is 1. The third-order valence-corrected chi connectivity index (χ3v) is 5.66. The number of nitrogens with zero attached hydrogens (tertiary/aromatic N) is 1. The third-order valence-electron chi connectivity index (χ3n) is 3.15. The molecule has 1 fully saturated rings. The Morgan fingerprint density at radius 2 is 2.00 bits per heavy atom. The van der Waals surface area contributed by atoms with Gasteiger partial charge in [0.25, 0.3) is 0 Å². The van der Waals surface area contributed by atoms with Crippen molar-refractivity contribution in [2.45, 2.75) is 57.2 Å². The van der Waals surface area contributed by atoms with Crippen LogP contribution in [0.4, 0.5) is 0 Å². The summed E-state index contributed by atoms with van der Waals surface area (Å²) in [5, 5.41) is -0.398. The van der Waals surface area contributed by atoms with Gasteiger partial charge < -0.3 is 5.73 Å². The molecule has 16 heavy (non-hydrogen) atoms. The standard InChI is InChI=1S/C11H24N2O2S/c1-3-5-8-13(10-6-7-10)16(14,15)11(4-2)9-12/h10-11H,3-9,12H2,1-2H3. The third kappa shape index (κ3) is 3.18. The first-order valence-electron chi connectivity index (χ1n) is 6.28. The maximum Gasteiger partial charge on any atom is 0.218 e. The van der Waals surface area contributed by atoms with Crippen LogP contribution in [0.1, 0.15) is 46.0 Å². The summed E-state index contributed by atoms with van der Waals surface area (Å²) in [7, 11) is -3.16. The quantitative estimate of drug-likeness (QED) is 0.704. The molecule has 96 valence electrons. The zero-order valence-corrected chi connectivity index (χ0v) is 11.2. The fourth-order valence-corrected chi connectivity index (χ4v) is 3.94. The fourth-order valence-electron chi connectivity index (χ4n) is 1.88. The van der Waals surface area contributed by atoms with Gasteiger partial charge in [-0.2, -0.15) is 4.31 Å². The minimum Gasteiger partial charge on any atom is -0.329 e. The van der Waals surface area contributed by atoms with Crippen molar-refractivity contribution in [2.75, 3.05) is 13.1 Å². The molecule has 0 spiro atoms. The number of nitrogens with two attached hydrogens (primary N) is 1. The molecule has 0 aromatic rings. The smallest absolute Gasteiger partial charge is 0.218 e. The van der Waals surface area contributed by atoms with Crippen LogP contribution in [-0.2, 0) is 10.0 Å². The van der Waals surface area contributed by atoms with Gasteiger partial charge in [0.1, 0.15) is 0 Å². The molecule has 0 aliphatic heterocycles. The summed E-state index contributed by atoms with van der Waals surface area (Å²) in [5.41, 5.74) is 5.55. The van der Waals surface area contributed by atoms with E-state index in [1.54, 1.807) is 4.31 Å². The first-order chi connectivity index (χ1) is 7.57. The van der Waals surface area contributed by atoms with Gasteiger partial charge in [-0.25, -0.2) is 8.42 Å². The van der Waals surface area contributed by atoms with Crippen LogP contribution in [0.5, 0.6) is 0 Å². The van der Waals surface area contributed by atoms with Gasteiger partial charge >= 0.3 is 0 Å². The molecule has 0 saturated heterocycles. The molecular formula is C11H24N2O2S. The topological polar surface area (TPSA) is 63.4 Å². The van der Waals surface area contributed by atoms with Crippen molar-refractivity contribution < 1.29 is 8.42 Å². The van der Waals surface area contributed by atoms with Crippen molar-refractivity contribution in [3.63, 3.8) is 0 Å². The summed E-state index contributed by atoms with van der Waals surface area (Å²) in [6.45, 7) is 4.87. The van der Waals surface area contributed by atoms with E-state index in [9.17, 15) is 8.42 Å². The van der Waals surface area contributed by atoms with E-state index in [-0.39, 0.29) is 12.6 Å². The minimum absolute atomic E-state index is 0.230. The van der Waals surface area contributed by atoms with Crippen molar-refractivity contribution in [1.82, 2.24) is 4.31 Å². The largest absolute Gasteiger partial charge is 0.329 e. The lowest BCUT2D eigenvalue weighted by Gasteiger charge is -2.26. The first kappa shape index (κ1) is 13.9. The zero-order chi connectivity index (χ0) is 12.2. The van der Waals surface area contributed by atoms with Crippen LogP contribution < -0.4 is 5.73 Å². The Labute approximate surface area is 99.2 Å². The van der Waals surface area contributed by atoms with Crippen molar-refractivity contribution in [3.8, 4) is 0 Å². The summed E-state index contributed by atoms with van der Waals surface area (Å²) in [4.78, 5) is 0. The summed E-state index contributed by atoms with van der Waals surface area (Å²) in [6, 6.07) is 0.261. The van der Waals surface area contributed by atoms with E-state index in [1.165, 1.54) is 0 Å². The average molecular weight is 248 g/mol. The van der Waals surface area contributed by atoms with Crippen LogP contribution in [0.3, 0.4) is 0 Å². The Balaban J connectivity index is 2.74. The molecule has 1 aliphatic carbocycles. The van der Waals surface area contributed by atoms with Crippen LogP contribution in [0.25, 0.3) is 0 Å². The molecular weight excluding hydrogens is 224 g/mol. The normalized spacial score (nSPS) is 19.0. The van der Waals surface area contributed by atoms with Gasteiger partial charge in [0, 0.05) is 19.1 Å². The van der Waals surface area contributed by atoms with E-state index >= 15 is 0 Å². The second-order valence-electron chi connectivity index (χ2n) is 4.51. The van der Waals surface area contributed by atoms with Gasteiger partial charge in [-0.15, -0.1) is 0 Å². The van der Waals surface area contributed by atoms with E-state index in [1.807, 2.05) is 6.92 Å². The molecule has 0 amide bonds. The van der Waals surface area contributed by atoms with Crippen molar-refractivity contribution >= 4 is 10.0 Å². The number of rotatable bonds is 8. The maximum atomic E-state index is 12.3. The molecule has 0 heterocycles. The highest BCUT2D eigenvalue weighted by atomic mass is 32.2. The highest BCUT2D eigenvalue weighted by molar-refractivity contribution is 7.89. The molecule has 0 bridgehead atoms. The SMILES string of the molecule is CCCCN(C1CC1)S(=O)(=O)C(CC)CN. The molecule has 0 aromatic heterocycles. The summed E-state index contributed by atoms with van der Waals surface area (Å²) < 4.78 is 26.4. The molecule has 0 radical (unpaired) electrons. The van der Waals surface area contributed by atoms with Gasteiger partial charge in [-0.3, -0.25) is 0 Å². The molecule has 5 heteroatoms. The van der Waals surface area contributed by atoms with Crippen molar-refractivity contribution in [2.24, 2.45) is 5.73 Å². The van der Waals surface area contributed by atoms with Crippen LogP contribution in [0.2, 0.25) is 0 Å². The predicted molar refractivity (Wildman–Crippen MR) is 66.7 cm³/mol. The molecule has 1 saturated carbocycles. The second-order valence-corrected chi connectivity index (χ2v) is 6.67. The minimum atomic E-state index is -3.16. The number of hydrogen-bond donors (Lipinski definition) is 1. The van der Waals surface area contributed by atoms with Crippen LogP contribution in [0, 0.1) is 0 Å². The monoisotopic (exact) mass is 248 g/mol. The Kier molecular flexibility index (Phi) is 5.21. The van der Waals surface area contributed by atoms with Gasteiger partial charge in [0.15, 0.2) is 0 Å². The van der Waals surface area contributed by atoms with E-state index in [2.05, 4.69) is 6.92 Å². The summed E-state index contributed by atoms with van der Waals surface area (Å²) in [6.07, 6.45) is 4.61. The molecule has 1 unspecified atom stereocenters. The molecule has 1 rings (SSSR count). The molecule has 4 nitrogen and oxygen atoms in total. The lowest BCUT2D eigenvalue weighted by atomic mass is 10.3. The lowest BCUT2D eigenvalue weighted by Crippen LogP contribution is -2.43. The highest BCUT2D eigenvalue weighted by Crippen LogP contribution is 2.31. The Hall–Kier alpha value is -0.130. The van der Waals surface area contributed by atoms with Crippen LogP contribution in [0.15, 0.2) is 0 Å². The number of hydrogen-bond acceptors (Lipinski definition) is 3. The number of sulfonamides is 1. The zero-order valence-electron chi connectivity index (χ0n) is 10.4. The van der Waals surface area contributed by atoms with Crippen LogP contribution >= 0.6 is 0 Å². The fraction of sp³-hybridized carbons (Fsp3) is 1.00. The van der Waals surface area contributed by atoms with E-state index in [4.69, 9.17) is 5.73 Å². The Bertz CT molecular complexity index is 295. The summed E-state index contributed by atoms with van der Waals surface area (Å²) >= 11 is 0. The molecule has 0 aromatic carbocycles. The van der Waals surface area contributed by atoms with E-state index < -0.39 is 15.3 Å². The summed E-state index contributed by atoms with van der Waals surface area (Å²) in [5.74, 6) is 0. The molecule has 1 aliphatic rings. The van der Waals surface area contributed by atoms with Crippen molar-refractivity contribution in [3.05, 3.63) is 0 Å². The van der Waals surface area contributed by atoms with Gasteiger partial charge in [-0.05, 0) is 25.7 Å². The maximum absolute atomic E-state index is 12.3. The average Bonchev–Trinajstić information content (AvgIpc) is 3.03. The molecule has 1 atom stereocenters. The Morgan fingerprint density at radius 1 is 1.38 bits per heavy atom. The van der Waals surface area contributed by atoms with Crippen LogP contribution in [-0.4, -0.2) is 37.1 Å².